The second-order valence-corrected chi connectivity index (χ2v) is 7.83. The Morgan fingerprint density at radius 2 is 1.78 bits per heavy atom. The van der Waals surface area contributed by atoms with Crippen LogP contribution in [0.25, 0.3) is 11.0 Å². The number of aryl methyl sites for hydroxylation is 1. The van der Waals surface area contributed by atoms with Crippen LogP contribution >= 0.6 is 0 Å². The van der Waals surface area contributed by atoms with Gasteiger partial charge in [-0.1, -0.05) is 18.9 Å². The Bertz CT molecular complexity index is 844. The van der Waals surface area contributed by atoms with Gasteiger partial charge in [-0.05, 0) is 50.3 Å². The van der Waals surface area contributed by atoms with E-state index in [1.54, 1.807) is 12.1 Å². The number of amides is 1. The number of halogens is 3. The van der Waals surface area contributed by atoms with E-state index in [0.717, 1.165) is 31.2 Å². The number of alkyl halides is 3. The van der Waals surface area contributed by atoms with E-state index in [1.807, 2.05) is 17.9 Å². The Morgan fingerprint density at radius 3 is 2.41 bits per heavy atom. The molecular formula is C20H24F3N3O. The van der Waals surface area contributed by atoms with Crippen molar-refractivity contribution in [2.24, 2.45) is 5.92 Å². The molecule has 0 unspecified atom stereocenters. The second-order valence-electron chi connectivity index (χ2n) is 7.83. The van der Waals surface area contributed by atoms with E-state index in [4.69, 9.17) is 0 Å². The molecule has 0 spiro atoms. The van der Waals surface area contributed by atoms with Gasteiger partial charge >= 0.3 is 6.18 Å². The SMILES string of the molecule is Cc1ccc2c(c1)nc(C(F)(F)F)n2C1CCN(C(=O)C2CCCC2)CC1. The first kappa shape index (κ1) is 18.3. The fourth-order valence-electron chi connectivity index (χ4n) is 4.55. The molecule has 2 fully saturated rings. The summed E-state index contributed by atoms with van der Waals surface area (Å²) in [5.41, 5.74) is 1.79. The van der Waals surface area contributed by atoms with Crippen LogP contribution in [0.15, 0.2) is 18.2 Å². The van der Waals surface area contributed by atoms with Crippen molar-refractivity contribution in [2.45, 2.75) is 57.7 Å². The lowest BCUT2D eigenvalue weighted by atomic mass is 10.0. The molecule has 0 radical (unpaired) electrons. The number of piperidine rings is 1. The van der Waals surface area contributed by atoms with Crippen LogP contribution in [0.2, 0.25) is 0 Å². The number of nitrogens with zero attached hydrogens (tertiary/aromatic N) is 3. The molecule has 2 aliphatic rings. The molecule has 1 aromatic carbocycles. The first-order valence-corrected chi connectivity index (χ1v) is 9.69. The topological polar surface area (TPSA) is 38.1 Å². The highest BCUT2D eigenvalue weighted by atomic mass is 19.4. The molecule has 2 heterocycles. The van der Waals surface area contributed by atoms with E-state index in [9.17, 15) is 18.0 Å². The van der Waals surface area contributed by atoms with Crippen molar-refractivity contribution in [1.82, 2.24) is 14.5 Å². The summed E-state index contributed by atoms with van der Waals surface area (Å²) in [5, 5.41) is 0. The Balaban J connectivity index is 1.59. The first-order chi connectivity index (χ1) is 12.8. The number of likely N-dealkylation sites (tertiary alicyclic amines) is 1. The van der Waals surface area contributed by atoms with Crippen LogP contribution < -0.4 is 0 Å². The monoisotopic (exact) mass is 379 g/mol. The van der Waals surface area contributed by atoms with Gasteiger partial charge in [-0.25, -0.2) is 4.98 Å². The number of carbonyl (C=O) groups excluding carboxylic acids is 1. The fraction of sp³-hybridized carbons (Fsp3) is 0.600. The van der Waals surface area contributed by atoms with Gasteiger partial charge in [-0.3, -0.25) is 4.79 Å². The average Bonchev–Trinajstić information content (AvgIpc) is 3.28. The molecule has 0 bridgehead atoms. The molecule has 0 atom stereocenters. The molecule has 1 aliphatic carbocycles. The second kappa shape index (κ2) is 6.84. The minimum atomic E-state index is -4.50. The van der Waals surface area contributed by atoms with Gasteiger partial charge in [0.15, 0.2) is 0 Å². The Morgan fingerprint density at radius 1 is 1.11 bits per heavy atom. The summed E-state index contributed by atoms with van der Waals surface area (Å²) in [4.78, 5) is 18.3. The summed E-state index contributed by atoms with van der Waals surface area (Å²) in [6.07, 6.45) is 0.654. The van der Waals surface area contributed by atoms with Crippen LogP contribution in [-0.4, -0.2) is 33.4 Å². The summed E-state index contributed by atoms with van der Waals surface area (Å²) in [6, 6.07) is 4.95. The molecule has 4 nitrogen and oxygen atoms in total. The van der Waals surface area contributed by atoms with Crippen molar-refractivity contribution < 1.29 is 18.0 Å². The third kappa shape index (κ3) is 3.44. The third-order valence-corrected chi connectivity index (χ3v) is 5.94. The predicted octanol–water partition coefficient (Wildman–Crippen LogP) is 4.72. The minimum Gasteiger partial charge on any atom is -0.342 e. The molecule has 4 rings (SSSR count). The molecule has 27 heavy (non-hydrogen) atoms. The van der Waals surface area contributed by atoms with Gasteiger partial charge < -0.3 is 9.47 Å². The molecule has 1 aromatic heterocycles. The normalized spacial score (nSPS) is 19.9. The third-order valence-electron chi connectivity index (χ3n) is 5.94. The fourth-order valence-corrected chi connectivity index (χ4v) is 4.55. The van der Waals surface area contributed by atoms with Gasteiger partial charge in [0.05, 0.1) is 11.0 Å². The van der Waals surface area contributed by atoms with Crippen LogP contribution in [-0.2, 0) is 11.0 Å². The number of hydrogen-bond acceptors (Lipinski definition) is 2. The molecule has 1 saturated carbocycles. The van der Waals surface area contributed by atoms with Crippen molar-refractivity contribution in [2.75, 3.05) is 13.1 Å². The Kier molecular flexibility index (Phi) is 4.64. The standard InChI is InChI=1S/C20H24F3N3O/c1-13-6-7-17-16(12-13)24-19(20(21,22)23)26(17)15-8-10-25(11-9-15)18(27)14-4-2-3-5-14/h6-7,12,14-15H,2-5,8-11H2,1H3. The van der Waals surface area contributed by atoms with Gasteiger partial charge in [-0.15, -0.1) is 0 Å². The molecule has 7 heteroatoms. The van der Waals surface area contributed by atoms with Crippen LogP contribution in [0, 0.1) is 12.8 Å². The Labute approximate surface area is 156 Å². The quantitative estimate of drug-likeness (QED) is 0.757. The van der Waals surface area contributed by atoms with Crippen LogP contribution in [0.5, 0.6) is 0 Å². The highest BCUT2D eigenvalue weighted by Crippen LogP contribution is 2.37. The zero-order chi connectivity index (χ0) is 19.2. The van der Waals surface area contributed by atoms with E-state index < -0.39 is 12.0 Å². The van der Waals surface area contributed by atoms with E-state index in [0.29, 0.717) is 37.0 Å². The number of hydrogen-bond donors (Lipinski definition) is 0. The molecular weight excluding hydrogens is 355 g/mol. The van der Waals surface area contributed by atoms with Gasteiger partial charge in [-0.2, -0.15) is 13.2 Å². The Hall–Kier alpha value is -2.05. The smallest absolute Gasteiger partial charge is 0.342 e. The summed E-state index contributed by atoms with van der Waals surface area (Å²) < 4.78 is 42.2. The van der Waals surface area contributed by atoms with E-state index in [2.05, 4.69) is 4.98 Å². The van der Waals surface area contributed by atoms with Crippen molar-refractivity contribution in [3.8, 4) is 0 Å². The number of carbonyl (C=O) groups is 1. The van der Waals surface area contributed by atoms with Crippen molar-refractivity contribution in [3.05, 3.63) is 29.6 Å². The molecule has 1 amide bonds. The summed E-state index contributed by atoms with van der Waals surface area (Å²) in [7, 11) is 0. The number of fused-ring (bicyclic) bond motifs is 1. The first-order valence-electron chi connectivity index (χ1n) is 9.69. The van der Waals surface area contributed by atoms with Gasteiger partial charge in [0.2, 0.25) is 11.7 Å². The summed E-state index contributed by atoms with van der Waals surface area (Å²) in [6.45, 7) is 2.88. The highest BCUT2D eigenvalue weighted by molar-refractivity contribution is 5.79. The van der Waals surface area contributed by atoms with Crippen molar-refractivity contribution in [3.63, 3.8) is 0 Å². The zero-order valence-electron chi connectivity index (χ0n) is 15.4. The highest BCUT2D eigenvalue weighted by Gasteiger charge is 2.40. The maximum absolute atomic E-state index is 13.6. The number of imidazole rings is 1. The van der Waals surface area contributed by atoms with Gasteiger partial charge in [0.1, 0.15) is 0 Å². The predicted molar refractivity (Wildman–Crippen MR) is 96.3 cm³/mol. The van der Waals surface area contributed by atoms with Crippen LogP contribution in [0.3, 0.4) is 0 Å². The van der Waals surface area contributed by atoms with E-state index in [-0.39, 0.29) is 17.9 Å². The maximum atomic E-state index is 13.6. The van der Waals surface area contributed by atoms with E-state index in [1.165, 1.54) is 4.57 Å². The van der Waals surface area contributed by atoms with Gasteiger partial charge in [0, 0.05) is 25.0 Å². The lowest BCUT2D eigenvalue weighted by Gasteiger charge is -2.35. The number of benzene rings is 1. The van der Waals surface area contributed by atoms with Crippen LogP contribution in [0.4, 0.5) is 13.2 Å². The molecule has 2 aromatic rings. The number of aromatic nitrogens is 2. The van der Waals surface area contributed by atoms with Crippen LogP contribution in [0.1, 0.15) is 56.0 Å². The zero-order valence-corrected chi connectivity index (χ0v) is 15.4. The number of rotatable bonds is 2. The average molecular weight is 379 g/mol. The van der Waals surface area contributed by atoms with Crippen molar-refractivity contribution >= 4 is 16.9 Å². The maximum Gasteiger partial charge on any atom is 0.449 e. The minimum absolute atomic E-state index is 0.115. The largest absolute Gasteiger partial charge is 0.449 e. The van der Waals surface area contributed by atoms with E-state index >= 15 is 0 Å². The molecule has 0 N–H and O–H groups in total. The van der Waals surface area contributed by atoms with Crippen molar-refractivity contribution in [1.29, 1.82) is 0 Å². The van der Waals surface area contributed by atoms with Gasteiger partial charge in [0.25, 0.3) is 0 Å². The molecule has 1 saturated heterocycles. The molecule has 146 valence electrons. The lowest BCUT2D eigenvalue weighted by Crippen LogP contribution is -2.42. The molecule has 1 aliphatic heterocycles. The lowest BCUT2D eigenvalue weighted by molar-refractivity contribution is -0.148. The summed E-state index contributed by atoms with van der Waals surface area (Å²) >= 11 is 0. The summed E-state index contributed by atoms with van der Waals surface area (Å²) in [5.74, 6) is -0.527.